The van der Waals surface area contributed by atoms with Gasteiger partial charge in [0, 0.05) is 37.8 Å². The van der Waals surface area contributed by atoms with Crippen LogP contribution in [0.2, 0.25) is 0 Å². The number of para-hydroxylation sites is 1. The first-order valence-electron chi connectivity index (χ1n) is 8.81. The highest BCUT2D eigenvalue weighted by atomic mass is 16.5. The largest absolute Gasteiger partial charge is 0.369 e. The fourth-order valence-corrected chi connectivity index (χ4v) is 3.90. The van der Waals surface area contributed by atoms with Crippen LogP contribution in [0.4, 0.5) is 5.69 Å². The summed E-state index contributed by atoms with van der Waals surface area (Å²) in [5, 5.41) is 0. The van der Waals surface area contributed by atoms with E-state index in [0.29, 0.717) is 6.61 Å². The molecule has 1 saturated heterocycles. The minimum atomic E-state index is -0.235. The Labute approximate surface area is 142 Å². The minimum absolute atomic E-state index is 0.149. The van der Waals surface area contributed by atoms with E-state index < -0.39 is 0 Å². The zero-order chi connectivity index (χ0) is 16.5. The van der Waals surface area contributed by atoms with Crippen molar-refractivity contribution in [3.05, 3.63) is 48.0 Å². The van der Waals surface area contributed by atoms with E-state index in [1.807, 2.05) is 23.2 Å². The third-order valence-electron chi connectivity index (χ3n) is 5.13. The van der Waals surface area contributed by atoms with E-state index >= 15 is 0 Å². The van der Waals surface area contributed by atoms with Crippen molar-refractivity contribution in [3.63, 3.8) is 0 Å². The average molecular weight is 325 g/mol. The molecule has 1 aromatic carbocycles. The van der Waals surface area contributed by atoms with Gasteiger partial charge >= 0.3 is 0 Å². The molecule has 0 N–H and O–H groups in total. The lowest BCUT2D eigenvalue weighted by Crippen LogP contribution is -2.40. The number of amides is 1. The van der Waals surface area contributed by atoms with Crippen LogP contribution in [0.3, 0.4) is 0 Å². The maximum atomic E-state index is 13.3. The first-order valence-corrected chi connectivity index (χ1v) is 8.81. The highest BCUT2D eigenvalue weighted by Gasteiger charge is 2.40. The lowest BCUT2D eigenvalue weighted by Gasteiger charge is -2.32. The number of benzene rings is 1. The molecule has 1 aromatic heterocycles. The van der Waals surface area contributed by atoms with Crippen LogP contribution < -0.4 is 4.90 Å². The molecule has 0 radical (unpaired) electrons. The monoisotopic (exact) mass is 325 g/mol. The molecule has 1 amide bonds. The number of rotatable bonds is 3. The van der Waals surface area contributed by atoms with Crippen molar-refractivity contribution in [1.29, 1.82) is 0 Å². The minimum Gasteiger partial charge on any atom is -0.369 e. The summed E-state index contributed by atoms with van der Waals surface area (Å²) < 4.78 is 7.99. The van der Waals surface area contributed by atoms with Crippen LogP contribution in [-0.2, 0) is 22.5 Å². The third-order valence-corrected chi connectivity index (χ3v) is 5.13. The summed E-state index contributed by atoms with van der Waals surface area (Å²) in [5.74, 6) is 0.901. The Morgan fingerprint density at radius 2 is 2.25 bits per heavy atom. The molecule has 4 rings (SSSR count). The van der Waals surface area contributed by atoms with Crippen molar-refractivity contribution in [1.82, 2.24) is 9.55 Å². The molecule has 24 heavy (non-hydrogen) atoms. The Balaban J connectivity index is 1.63. The molecule has 126 valence electrons. The highest BCUT2D eigenvalue weighted by Crippen LogP contribution is 2.37. The molecule has 2 aromatic rings. The zero-order valence-electron chi connectivity index (χ0n) is 14.0. The SMILES string of the molecule is CCn1ccnc1[C@@H]1OCC[C@H]1C(=O)N1CCCc2ccccc21. The van der Waals surface area contributed by atoms with Crippen LogP contribution in [0.15, 0.2) is 36.7 Å². The molecule has 1 fully saturated rings. The summed E-state index contributed by atoms with van der Waals surface area (Å²) in [7, 11) is 0. The van der Waals surface area contributed by atoms with E-state index in [9.17, 15) is 4.79 Å². The highest BCUT2D eigenvalue weighted by molar-refractivity contribution is 5.96. The van der Waals surface area contributed by atoms with Gasteiger partial charge in [-0.05, 0) is 37.8 Å². The van der Waals surface area contributed by atoms with Crippen LogP contribution in [-0.4, -0.2) is 28.6 Å². The lowest BCUT2D eigenvalue weighted by atomic mass is 9.95. The number of hydrogen-bond acceptors (Lipinski definition) is 3. The van der Waals surface area contributed by atoms with Crippen molar-refractivity contribution in [2.24, 2.45) is 5.92 Å². The van der Waals surface area contributed by atoms with E-state index in [1.54, 1.807) is 6.20 Å². The molecular weight excluding hydrogens is 302 g/mol. The quantitative estimate of drug-likeness (QED) is 0.872. The number of carbonyl (C=O) groups is 1. The van der Waals surface area contributed by atoms with Crippen LogP contribution in [0.5, 0.6) is 0 Å². The average Bonchev–Trinajstić information content (AvgIpc) is 3.28. The smallest absolute Gasteiger partial charge is 0.233 e. The van der Waals surface area contributed by atoms with E-state index in [1.165, 1.54) is 5.56 Å². The first-order chi connectivity index (χ1) is 11.8. The Hall–Kier alpha value is -2.14. The van der Waals surface area contributed by atoms with Gasteiger partial charge in [-0.15, -0.1) is 0 Å². The molecular formula is C19H23N3O2. The summed E-state index contributed by atoms with van der Waals surface area (Å²) >= 11 is 0. The van der Waals surface area contributed by atoms with Gasteiger partial charge in [0.05, 0.1) is 5.92 Å². The number of ether oxygens (including phenoxy) is 1. The van der Waals surface area contributed by atoms with Crippen LogP contribution >= 0.6 is 0 Å². The molecule has 0 saturated carbocycles. The molecule has 0 unspecified atom stereocenters. The van der Waals surface area contributed by atoms with Gasteiger partial charge in [-0.25, -0.2) is 4.98 Å². The molecule has 0 aliphatic carbocycles. The van der Waals surface area contributed by atoms with Crippen molar-refractivity contribution in [2.75, 3.05) is 18.1 Å². The second kappa shape index (κ2) is 6.40. The van der Waals surface area contributed by atoms with Gasteiger partial charge in [0.25, 0.3) is 0 Å². The topological polar surface area (TPSA) is 47.4 Å². The second-order valence-electron chi connectivity index (χ2n) is 6.48. The number of carbonyl (C=O) groups excluding carboxylic acids is 1. The maximum absolute atomic E-state index is 13.3. The summed E-state index contributed by atoms with van der Waals surface area (Å²) in [4.78, 5) is 19.7. The van der Waals surface area contributed by atoms with Crippen molar-refractivity contribution in [2.45, 2.75) is 38.8 Å². The van der Waals surface area contributed by atoms with E-state index in [0.717, 1.165) is 43.9 Å². The summed E-state index contributed by atoms with van der Waals surface area (Å²) in [6.45, 7) is 4.33. The van der Waals surface area contributed by atoms with Gasteiger partial charge in [0.2, 0.25) is 5.91 Å². The number of aromatic nitrogens is 2. The molecule has 2 aliphatic heterocycles. The summed E-state index contributed by atoms with van der Waals surface area (Å²) in [6.07, 6.45) is 6.34. The summed E-state index contributed by atoms with van der Waals surface area (Å²) in [5.41, 5.74) is 2.33. The van der Waals surface area contributed by atoms with Gasteiger partial charge in [0.15, 0.2) is 0 Å². The molecule has 2 atom stereocenters. The van der Waals surface area contributed by atoms with Gasteiger partial charge in [-0.2, -0.15) is 0 Å². The molecule has 0 bridgehead atoms. The predicted molar refractivity (Wildman–Crippen MR) is 91.8 cm³/mol. The Bertz CT molecular complexity index is 740. The predicted octanol–water partition coefficient (Wildman–Crippen LogP) is 2.96. The molecule has 3 heterocycles. The van der Waals surface area contributed by atoms with E-state index in [2.05, 4.69) is 28.6 Å². The van der Waals surface area contributed by atoms with Crippen LogP contribution in [0, 0.1) is 5.92 Å². The molecule has 5 heteroatoms. The number of imidazole rings is 1. The summed E-state index contributed by atoms with van der Waals surface area (Å²) in [6, 6.07) is 8.24. The van der Waals surface area contributed by atoms with Gasteiger partial charge in [-0.3, -0.25) is 4.79 Å². The number of nitrogens with zero attached hydrogens (tertiary/aromatic N) is 3. The van der Waals surface area contributed by atoms with Crippen molar-refractivity contribution >= 4 is 11.6 Å². The van der Waals surface area contributed by atoms with Crippen molar-refractivity contribution in [3.8, 4) is 0 Å². The van der Waals surface area contributed by atoms with Crippen LogP contribution in [0.1, 0.15) is 37.3 Å². The second-order valence-corrected chi connectivity index (χ2v) is 6.48. The van der Waals surface area contributed by atoms with E-state index in [4.69, 9.17) is 4.74 Å². The normalized spacial score (nSPS) is 23.3. The first kappa shape index (κ1) is 15.4. The fraction of sp³-hybridized carbons (Fsp3) is 0.474. The maximum Gasteiger partial charge on any atom is 0.233 e. The van der Waals surface area contributed by atoms with Crippen molar-refractivity contribution < 1.29 is 9.53 Å². The number of hydrogen-bond donors (Lipinski definition) is 0. The zero-order valence-corrected chi connectivity index (χ0v) is 14.0. The van der Waals surface area contributed by atoms with Gasteiger partial charge in [0.1, 0.15) is 11.9 Å². The Morgan fingerprint density at radius 3 is 3.12 bits per heavy atom. The lowest BCUT2D eigenvalue weighted by molar-refractivity contribution is -0.124. The van der Waals surface area contributed by atoms with Crippen LogP contribution in [0.25, 0.3) is 0 Å². The molecule has 5 nitrogen and oxygen atoms in total. The molecule has 0 spiro atoms. The van der Waals surface area contributed by atoms with E-state index in [-0.39, 0.29) is 17.9 Å². The van der Waals surface area contributed by atoms with Gasteiger partial charge < -0.3 is 14.2 Å². The third kappa shape index (κ3) is 2.53. The van der Waals surface area contributed by atoms with Gasteiger partial charge in [-0.1, -0.05) is 18.2 Å². The Kier molecular flexibility index (Phi) is 4.10. The number of anilines is 1. The molecule has 2 aliphatic rings. The number of fused-ring (bicyclic) bond motifs is 1. The standard InChI is InChI=1S/C19H23N3O2/c1-2-21-12-10-20-18(21)17-15(9-13-24-17)19(23)22-11-5-7-14-6-3-4-8-16(14)22/h3-4,6,8,10,12,15,17H,2,5,7,9,11,13H2,1H3/t15-,17-/m1/s1. The Morgan fingerprint density at radius 1 is 1.38 bits per heavy atom. The number of aryl methyl sites for hydroxylation is 2. The fourth-order valence-electron chi connectivity index (χ4n) is 3.90.